The van der Waals surface area contributed by atoms with Crippen LogP contribution in [-0.4, -0.2) is 73.9 Å². The van der Waals surface area contributed by atoms with Crippen LogP contribution in [0.15, 0.2) is 66.7 Å². The molecule has 0 bridgehead atoms. The summed E-state index contributed by atoms with van der Waals surface area (Å²) >= 11 is 0. The van der Waals surface area contributed by atoms with Gasteiger partial charge in [-0.05, 0) is 35.7 Å². The van der Waals surface area contributed by atoms with E-state index in [9.17, 15) is 35.4 Å². The third-order valence-electron chi connectivity index (χ3n) is 6.25. The second kappa shape index (κ2) is 12.2. The lowest BCUT2D eigenvalue weighted by Gasteiger charge is -2.39. The van der Waals surface area contributed by atoms with Crippen molar-refractivity contribution in [1.82, 2.24) is 0 Å². The summed E-state index contributed by atoms with van der Waals surface area (Å²) in [5.41, 5.74) is 2.19. The number of carbonyl (C=O) groups is 1. The van der Waals surface area contributed by atoms with E-state index < -0.39 is 49.0 Å². The summed E-state index contributed by atoms with van der Waals surface area (Å²) in [6.45, 7) is -0.619. The lowest BCUT2D eigenvalue weighted by atomic mass is 9.99. The van der Waals surface area contributed by atoms with Crippen molar-refractivity contribution < 1.29 is 49.6 Å². The first-order valence-electron chi connectivity index (χ1n) is 12.1. The fourth-order valence-electron chi connectivity index (χ4n) is 4.11. The van der Waals surface area contributed by atoms with Gasteiger partial charge in [-0.15, -0.1) is 0 Å². The number of benzene rings is 3. The molecular formula is C28H30O10. The minimum absolute atomic E-state index is 0.0291. The Hall–Kier alpha value is -3.67. The van der Waals surface area contributed by atoms with Crippen molar-refractivity contribution in [3.8, 4) is 23.0 Å². The highest BCUT2D eigenvalue weighted by molar-refractivity contribution is 5.74. The van der Waals surface area contributed by atoms with Crippen LogP contribution in [0.25, 0.3) is 0 Å². The molecule has 5 atom stereocenters. The molecule has 202 valence electrons. The smallest absolute Gasteiger partial charge is 0.311 e. The summed E-state index contributed by atoms with van der Waals surface area (Å²) in [5, 5.41) is 60.0. The van der Waals surface area contributed by atoms with Crippen molar-refractivity contribution in [1.29, 1.82) is 0 Å². The van der Waals surface area contributed by atoms with Gasteiger partial charge >= 0.3 is 5.97 Å². The zero-order valence-corrected chi connectivity index (χ0v) is 20.4. The molecule has 0 amide bonds. The van der Waals surface area contributed by atoms with E-state index in [1.807, 2.05) is 30.3 Å². The van der Waals surface area contributed by atoms with E-state index in [2.05, 4.69) is 0 Å². The Morgan fingerprint density at radius 2 is 1.55 bits per heavy atom. The first-order chi connectivity index (χ1) is 18.2. The summed E-state index contributed by atoms with van der Waals surface area (Å²) in [7, 11) is 0. The zero-order chi connectivity index (χ0) is 27.2. The molecule has 0 saturated carbocycles. The summed E-state index contributed by atoms with van der Waals surface area (Å²) in [4.78, 5) is 12.5. The summed E-state index contributed by atoms with van der Waals surface area (Å²) < 4.78 is 16.7. The van der Waals surface area contributed by atoms with E-state index >= 15 is 0 Å². The predicted octanol–water partition coefficient (Wildman–Crippen LogP) is 1.41. The van der Waals surface area contributed by atoms with Gasteiger partial charge in [0.05, 0.1) is 6.61 Å². The van der Waals surface area contributed by atoms with Crippen LogP contribution in [0.5, 0.6) is 23.0 Å². The van der Waals surface area contributed by atoms with Crippen molar-refractivity contribution in [2.24, 2.45) is 0 Å². The summed E-state index contributed by atoms with van der Waals surface area (Å²) in [6.07, 6.45) is -6.75. The maximum atomic E-state index is 12.5. The van der Waals surface area contributed by atoms with Gasteiger partial charge in [-0.1, -0.05) is 42.5 Å². The standard InChI is InChI=1S/C28H30O10/c29-15-23-25(33)26(34)27(35)28(38-23)37-21-14-20(31)22(13-18(21)12-17-4-2-1-3-5-17)36-24(32)11-8-16-6-9-19(30)10-7-16/h1-7,9-10,13-14,23,25-31,33-35H,8,11-12,15H2/t23-,25-,26-,27-,28-/m0/s1. The van der Waals surface area contributed by atoms with Crippen LogP contribution in [0, 0.1) is 0 Å². The van der Waals surface area contributed by atoms with Crippen LogP contribution in [-0.2, 0) is 22.4 Å². The fourth-order valence-corrected chi connectivity index (χ4v) is 4.11. The summed E-state index contributed by atoms with van der Waals surface area (Å²) in [6, 6.07) is 18.4. The Bertz CT molecular complexity index is 1210. The number of carbonyl (C=O) groups excluding carboxylic acids is 1. The molecule has 0 spiro atoms. The Morgan fingerprint density at radius 1 is 0.842 bits per heavy atom. The van der Waals surface area contributed by atoms with Crippen molar-refractivity contribution in [2.45, 2.75) is 50.0 Å². The molecule has 1 fully saturated rings. The fraction of sp³-hybridized carbons (Fsp3) is 0.321. The van der Waals surface area contributed by atoms with Gasteiger partial charge in [0.1, 0.15) is 35.9 Å². The molecule has 4 rings (SSSR count). The maximum Gasteiger partial charge on any atom is 0.311 e. The molecule has 0 aliphatic carbocycles. The average molecular weight is 527 g/mol. The number of hydrogen-bond donors (Lipinski definition) is 6. The van der Waals surface area contributed by atoms with Gasteiger partial charge in [-0.25, -0.2) is 0 Å². The van der Waals surface area contributed by atoms with Crippen LogP contribution >= 0.6 is 0 Å². The van der Waals surface area contributed by atoms with Crippen molar-refractivity contribution in [3.05, 3.63) is 83.4 Å². The number of aliphatic hydroxyl groups is 4. The third kappa shape index (κ3) is 6.60. The SMILES string of the molecule is O=C(CCc1ccc(O)cc1)Oc1cc(Cc2ccccc2)c(O[C@H]2O[C@@H](CO)[C@H](O)[C@H](O)[C@@H]2O)cc1O. The van der Waals surface area contributed by atoms with E-state index in [1.54, 1.807) is 12.1 Å². The minimum Gasteiger partial charge on any atom is -0.508 e. The first-order valence-corrected chi connectivity index (χ1v) is 12.1. The number of esters is 1. The van der Waals surface area contributed by atoms with Gasteiger partial charge < -0.3 is 44.8 Å². The van der Waals surface area contributed by atoms with E-state index in [0.717, 1.165) is 11.1 Å². The molecule has 6 N–H and O–H groups in total. The predicted molar refractivity (Wildman–Crippen MR) is 134 cm³/mol. The van der Waals surface area contributed by atoms with E-state index in [0.29, 0.717) is 18.4 Å². The number of aliphatic hydroxyl groups excluding tert-OH is 4. The molecule has 10 nitrogen and oxygen atoms in total. The Morgan fingerprint density at radius 3 is 2.24 bits per heavy atom. The second-order valence-corrected chi connectivity index (χ2v) is 9.05. The van der Waals surface area contributed by atoms with Crippen LogP contribution in [0.2, 0.25) is 0 Å². The summed E-state index contributed by atoms with van der Waals surface area (Å²) in [5.74, 6) is -0.869. The highest BCUT2D eigenvalue weighted by Crippen LogP contribution is 2.37. The van der Waals surface area contributed by atoms with Gasteiger partial charge in [0, 0.05) is 24.5 Å². The molecule has 0 unspecified atom stereocenters. The number of aromatic hydroxyl groups is 2. The van der Waals surface area contributed by atoms with Crippen LogP contribution in [0.3, 0.4) is 0 Å². The first kappa shape index (κ1) is 27.4. The molecule has 3 aromatic rings. The molecule has 38 heavy (non-hydrogen) atoms. The van der Waals surface area contributed by atoms with E-state index in [4.69, 9.17) is 14.2 Å². The number of aryl methyl sites for hydroxylation is 1. The van der Waals surface area contributed by atoms with Gasteiger partial charge in [0.15, 0.2) is 11.5 Å². The molecule has 3 aromatic carbocycles. The van der Waals surface area contributed by atoms with E-state index in [-0.39, 0.29) is 23.7 Å². The normalized spacial score (nSPS) is 23.1. The number of rotatable bonds is 9. The minimum atomic E-state index is -1.64. The molecule has 1 aliphatic rings. The molecule has 0 aromatic heterocycles. The molecule has 1 heterocycles. The number of ether oxygens (including phenoxy) is 3. The van der Waals surface area contributed by atoms with Crippen molar-refractivity contribution in [3.63, 3.8) is 0 Å². The topological polar surface area (TPSA) is 166 Å². The van der Waals surface area contributed by atoms with Crippen LogP contribution in [0.4, 0.5) is 0 Å². The maximum absolute atomic E-state index is 12.5. The van der Waals surface area contributed by atoms with Crippen molar-refractivity contribution in [2.75, 3.05) is 6.61 Å². The van der Waals surface area contributed by atoms with E-state index in [1.165, 1.54) is 24.3 Å². The quantitative estimate of drug-likeness (QED) is 0.177. The Kier molecular flexibility index (Phi) is 8.82. The number of hydrogen-bond acceptors (Lipinski definition) is 10. The highest BCUT2D eigenvalue weighted by atomic mass is 16.7. The van der Waals surface area contributed by atoms with Gasteiger partial charge in [-0.3, -0.25) is 4.79 Å². The van der Waals surface area contributed by atoms with Gasteiger partial charge in [-0.2, -0.15) is 0 Å². The lowest BCUT2D eigenvalue weighted by molar-refractivity contribution is -0.277. The Balaban J connectivity index is 1.55. The van der Waals surface area contributed by atoms with Gasteiger partial charge in [0.2, 0.25) is 6.29 Å². The monoisotopic (exact) mass is 526 g/mol. The lowest BCUT2D eigenvalue weighted by Crippen LogP contribution is -2.60. The third-order valence-corrected chi connectivity index (χ3v) is 6.25. The zero-order valence-electron chi connectivity index (χ0n) is 20.4. The van der Waals surface area contributed by atoms with Crippen molar-refractivity contribution >= 4 is 5.97 Å². The molecule has 1 saturated heterocycles. The van der Waals surface area contributed by atoms with Crippen LogP contribution in [0.1, 0.15) is 23.1 Å². The largest absolute Gasteiger partial charge is 0.508 e. The number of phenolic OH excluding ortho intramolecular Hbond substituents is 2. The Labute approximate surface area is 218 Å². The average Bonchev–Trinajstić information content (AvgIpc) is 2.91. The highest BCUT2D eigenvalue weighted by Gasteiger charge is 2.45. The number of phenols is 2. The molecular weight excluding hydrogens is 496 g/mol. The molecule has 1 aliphatic heterocycles. The van der Waals surface area contributed by atoms with Crippen LogP contribution < -0.4 is 9.47 Å². The molecule has 10 heteroatoms. The van der Waals surface area contributed by atoms with Gasteiger partial charge in [0.25, 0.3) is 0 Å². The second-order valence-electron chi connectivity index (χ2n) is 9.05. The molecule has 0 radical (unpaired) electrons.